The molecule has 0 aliphatic carbocycles. The summed E-state index contributed by atoms with van der Waals surface area (Å²) in [6, 6.07) is 3.47. The van der Waals surface area contributed by atoms with Crippen molar-refractivity contribution in [3.63, 3.8) is 0 Å². The Morgan fingerprint density at radius 1 is 1.60 bits per heavy atom. The van der Waals surface area contributed by atoms with Gasteiger partial charge in [0.1, 0.15) is 0 Å². The van der Waals surface area contributed by atoms with E-state index in [-0.39, 0.29) is 5.56 Å². The molecule has 0 spiro atoms. The number of hydrogen-bond donors (Lipinski definition) is 1. The quantitative estimate of drug-likeness (QED) is 0.623. The maximum absolute atomic E-state index is 11.0. The van der Waals surface area contributed by atoms with Crippen molar-refractivity contribution in [2.24, 2.45) is 0 Å². The van der Waals surface area contributed by atoms with Crippen molar-refractivity contribution in [1.82, 2.24) is 9.55 Å². The molecule has 0 saturated carbocycles. The molecule has 78 valence electrons. The van der Waals surface area contributed by atoms with E-state index in [9.17, 15) is 4.79 Å². The summed E-state index contributed by atoms with van der Waals surface area (Å²) >= 11 is 5.50. The molecule has 0 aliphatic heterocycles. The normalized spacial score (nSPS) is 11.6. The molecule has 0 bridgehead atoms. The van der Waals surface area contributed by atoms with Gasteiger partial charge in [-0.2, -0.15) is 5.10 Å². The number of benzene rings is 1. The van der Waals surface area contributed by atoms with Gasteiger partial charge in [-0.3, -0.25) is 0 Å². The third-order valence-electron chi connectivity index (χ3n) is 1.96. The van der Waals surface area contributed by atoms with E-state index >= 15 is 0 Å². The van der Waals surface area contributed by atoms with Crippen molar-refractivity contribution in [3.8, 4) is 0 Å². The van der Waals surface area contributed by atoms with Crippen LogP contribution in [0, 0.1) is 0 Å². The maximum atomic E-state index is 11.0. The molecular formula is C8H5BrIN2O2P. The van der Waals surface area contributed by atoms with Crippen molar-refractivity contribution in [3.05, 3.63) is 28.4 Å². The van der Waals surface area contributed by atoms with Crippen molar-refractivity contribution < 1.29 is 9.90 Å². The lowest BCUT2D eigenvalue weighted by atomic mass is 10.1. The highest BCUT2D eigenvalue weighted by Crippen LogP contribution is 2.31. The molecule has 2 aromatic rings. The molecule has 1 atom stereocenters. The molecule has 15 heavy (non-hydrogen) atoms. The summed E-state index contributed by atoms with van der Waals surface area (Å²) < 4.78 is 2.54. The van der Waals surface area contributed by atoms with Crippen LogP contribution in [0.1, 0.15) is 10.4 Å². The number of nitrogens with zero attached hydrogens (tertiary/aromatic N) is 2. The van der Waals surface area contributed by atoms with E-state index in [0.29, 0.717) is 11.8 Å². The summed E-state index contributed by atoms with van der Waals surface area (Å²) in [5, 5.41) is 13.8. The maximum Gasteiger partial charge on any atom is 0.336 e. The minimum atomic E-state index is -0.933. The van der Waals surface area contributed by atoms with Crippen molar-refractivity contribution >= 4 is 61.2 Å². The van der Waals surface area contributed by atoms with Crippen LogP contribution in [0.15, 0.2) is 22.8 Å². The molecule has 0 saturated heterocycles. The molecule has 1 aromatic heterocycles. The summed E-state index contributed by atoms with van der Waals surface area (Å²) in [5.74, 6) is -0.933. The van der Waals surface area contributed by atoms with Crippen LogP contribution in [0.25, 0.3) is 10.9 Å². The molecule has 1 unspecified atom stereocenters. The van der Waals surface area contributed by atoms with Crippen LogP contribution in [0.3, 0.4) is 0 Å². The van der Waals surface area contributed by atoms with Gasteiger partial charge in [0, 0.05) is 9.86 Å². The monoisotopic (exact) mass is 398 g/mol. The number of fused-ring (bicyclic) bond motifs is 1. The van der Waals surface area contributed by atoms with Crippen LogP contribution in [0.5, 0.6) is 0 Å². The van der Waals surface area contributed by atoms with E-state index in [4.69, 9.17) is 5.11 Å². The lowest BCUT2D eigenvalue weighted by Crippen LogP contribution is -1.96. The van der Waals surface area contributed by atoms with E-state index in [0.717, 1.165) is 9.99 Å². The minimum Gasteiger partial charge on any atom is -0.478 e. The number of aromatic carboxylic acids is 1. The highest BCUT2D eigenvalue weighted by atomic mass is 127. The van der Waals surface area contributed by atoms with E-state index in [1.165, 1.54) is 0 Å². The van der Waals surface area contributed by atoms with Gasteiger partial charge >= 0.3 is 5.97 Å². The molecule has 0 fully saturated rings. The van der Waals surface area contributed by atoms with Crippen molar-refractivity contribution in [2.45, 2.75) is 0 Å². The first kappa shape index (κ1) is 11.3. The summed E-state index contributed by atoms with van der Waals surface area (Å²) in [5.41, 5.74) is 1.12. The van der Waals surface area contributed by atoms with Gasteiger partial charge in [0.15, 0.2) is 0 Å². The molecule has 7 heteroatoms. The van der Waals surface area contributed by atoms with E-state index < -0.39 is 5.97 Å². The zero-order chi connectivity index (χ0) is 11.0. The predicted octanol–water partition coefficient (Wildman–Crippen LogP) is 3.29. The highest BCUT2D eigenvalue weighted by molar-refractivity contribution is 14.2. The number of aromatic nitrogens is 2. The highest BCUT2D eigenvalue weighted by Gasteiger charge is 2.13. The fraction of sp³-hybridized carbons (Fsp3) is 0. The third kappa shape index (κ3) is 2.03. The van der Waals surface area contributed by atoms with E-state index in [2.05, 4.69) is 43.1 Å². The summed E-state index contributed by atoms with van der Waals surface area (Å²) in [7, 11) is 0. The smallest absolute Gasteiger partial charge is 0.336 e. The van der Waals surface area contributed by atoms with Crippen LogP contribution in [-0.4, -0.2) is 20.6 Å². The van der Waals surface area contributed by atoms with Crippen LogP contribution in [0.4, 0.5) is 0 Å². The molecule has 1 heterocycles. The minimum absolute atomic E-state index is 0.278. The zero-order valence-corrected chi connectivity index (χ0v) is 12.0. The fourth-order valence-electron chi connectivity index (χ4n) is 1.34. The first-order valence-corrected chi connectivity index (χ1v) is 8.76. The van der Waals surface area contributed by atoms with Crippen LogP contribution < -0.4 is 0 Å². The third-order valence-corrected chi connectivity index (χ3v) is 4.31. The zero-order valence-electron chi connectivity index (χ0n) is 7.24. The Morgan fingerprint density at radius 2 is 2.33 bits per heavy atom. The SMILES string of the molecule is O=C(O)c1cc(Br)cc2c1cnn2PI. The van der Waals surface area contributed by atoms with Gasteiger partial charge in [0.05, 0.1) is 23.7 Å². The summed E-state index contributed by atoms with van der Waals surface area (Å²) in [4.78, 5) is 11.0. The number of halogens is 2. The standard InChI is InChI=1S/C8H5BrIN2O2P/c9-4-1-5(8(13)14)6-3-11-12(15-10)7(6)2-4/h1-3,15H,(H,13,14). The first-order chi connectivity index (χ1) is 7.13. The van der Waals surface area contributed by atoms with Crippen LogP contribution >= 0.6 is 44.3 Å². The Morgan fingerprint density at radius 3 is 2.93 bits per heavy atom. The second-order valence-electron chi connectivity index (χ2n) is 2.83. The molecule has 0 radical (unpaired) electrons. The fourth-order valence-corrected chi connectivity index (χ4v) is 3.31. The Labute approximate surface area is 108 Å². The number of carboxylic acids is 1. The van der Waals surface area contributed by atoms with Gasteiger partial charge in [-0.15, -0.1) is 0 Å². The molecule has 0 amide bonds. The second kappa shape index (κ2) is 4.35. The topological polar surface area (TPSA) is 55.1 Å². The van der Waals surface area contributed by atoms with Gasteiger partial charge in [-0.25, -0.2) is 9.25 Å². The number of hydrogen-bond acceptors (Lipinski definition) is 2. The van der Waals surface area contributed by atoms with Gasteiger partial charge in [0.2, 0.25) is 0 Å². The summed E-state index contributed by atoms with van der Waals surface area (Å²) in [6.45, 7) is 0. The molecule has 1 N–H and O–H groups in total. The van der Waals surface area contributed by atoms with E-state index in [1.54, 1.807) is 16.7 Å². The van der Waals surface area contributed by atoms with Crippen LogP contribution in [-0.2, 0) is 0 Å². The molecule has 2 rings (SSSR count). The molecular weight excluding hydrogens is 394 g/mol. The molecule has 0 aliphatic rings. The number of rotatable bonds is 2. The van der Waals surface area contributed by atoms with Gasteiger partial charge < -0.3 is 5.11 Å². The molecule has 4 nitrogen and oxygen atoms in total. The van der Waals surface area contributed by atoms with Crippen molar-refractivity contribution in [1.29, 1.82) is 0 Å². The van der Waals surface area contributed by atoms with Crippen LogP contribution in [0.2, 0.25) is 0 Å². The average Bonchev–Trinajstić information content (AvgIpc) is 2.58. The largest absolute Gasteiger partial charge is 0.478 e. The Bertz CT molecular complexity index is 543. The predicted molar refractivity (Wildman–Crippen MR) is 72.1 cm³/mol. The Balaban J connectivity index is 2.82. The Kier molecular flexibility index (Phi) is 3.27. The second-order valence-corrected chi connectivity index (χ2v) is 5.79. The average molecular weight is 399 g/mol. The van der Waals surface area contributed by atoms with Crippen molar-refractivity contribution in [2.75, 3.05) is 0 Å². The van der Waals surface area contributed by atoms with Gasteiger partial charge in [-0.05, 0) is 34.2 Å². The molecule has 1 aromatic carbocycles. The van der Waals surface area contributed by atoms with Gasteiger partial charge in [-0.1, -0.05) is 15.9 Å². The lowest BCUT2D eigenvalue weighted by Gasteiger charge is -2.01. The first-order valence-electron chi connectivity index (χ1n) is 3.90. The van der Waals surface area contributed by atoms with Gasteiger partial charge in [0.25, 0.3) is 0 Å². The lowest BCUT2D eigenvalue weighted by molar-refractivity contribution is 0.0699. The Hall–Kier alpha value is -0.200. The van der Waals surface area contributed by atoms with E-state index in [1.807, 2.05) is 6.07 Å². The number of carboxylic acid groups (broad SMARTS) is 1. The summed E-state index contributed by atoms with van der Waals surface area (Å²) in [6.07, 6.45) is 2.05. The number of carbonyl (C=O) groups is 1.